The second-order valence-electron chi connectivity index (χ2n) is 6.28. The van der Waals surface area contributed by atoms with Crippen molar-refractivity contribution in [3.63, 3.8) is 0 Å². The molecule has 0 radical (unpaired) electrons. The highest BCUT2D eigenvalue weighted by molar-refractivity contribution is 6.01. The van der Waals surface area contributed by atoms with Crippen molar-refractivity contribution in [2.24, 2.45) is 0 Å². The van der Waals surface area contributed by atoms with Gasteiger partial charge in [-0.3, -0.25) is 4.79 Å². The third-order valence-electron chi connectivity index (χ3n) is 4.34. The van der Waals surface area contributed by atoms with Gasteiger partial charge in [-0.05, 0) is 43.7 Å². The molecule has 1 amide bonds. The molecule has 0 saturated heterocycles. The molecule has 2 N–H and O–H groups in total. The fraction of sp³-hybridized carbons (Fsp3) is 0.238. The van der Waals surface area contributed by atoms with E-state index in [0.717, 1.165) is 5.56 Å². The zero-order valence-electron chi connectivity index (χ0n) is 15.5. The third kappa shape index (κ3) is 4.01. The van der Waals surface area contributed by atoms with Gasteiger partial charge in [-0.1, -0.05) is 35.5 Å². The molecule has 140 valence electrons. The minimum atomic E-state index is -0.961. The summed E-state index contributed by atoms with van der Waals surface area (Å²) in [5.41, 5.74) is 2.29. The normalized spacial score (nSPS) is 13.0. The predicted octanol–water partition coefficient (Wildman–Crippen LogP) is 3.89. The lowest BCUT2D eigenvalue weighted by molar-refractivity contribution is 0.0927. The van der Waals surface area contributed by atoms with Gasteiger partial charge in [0.25, 0.3) is 5.91 Å². The van der Waals surface area contributed by atoms with Gasteiger partial charge in [0, 0.05) is 5.56 Å². The van der Waals surface area contributed by atoms with Gasteiger partial charge in [0.05, 0.1) is 13.2 Å². The largest absolute Gasteiger partial charge is 0.497 e. The van der Waals surface area contributed by atoms with Gasteiger partial charge in [0.15, 0.2) is 5.76 Å². The van der Waals surface area contributed by atoms with Crippen LogP contribution in [0, 0.1) is 0 Å². The predicted molar refractivity (Wildman–Crippen MR) is 101 cm³/mol. The molecule has 0 aliphatic rings. The number of hydrogen-bond acceptors (Lipinski definition) is 5. The van der Waals surface area contributed by atoms with Crippen LogP contribution in [0.25, 0.3) is 11.3 Å². The van der Waals surface area contributed by atoms with Crippen molar-refractivity contribution < 1.29 is 19.2 Å². The Morgan fingerprint density at radius 2 is 1.78 bits per heavy atom. The zero-order valence-corrected chi connectivity index (χ0v) is 15.5. The highest BCUT2D eigenvalue weighted by atomic mass is 16.5. The number of benzene rings is 2. The first-order valence-electron chi connectivity index (χ1n) is 8.69. The molecule has 0 spiro atoms. The minimum Gasteiger partial charge on any atom is -0.497 e. The molecule has 6 heteroatoms. The van der Waals surface area contributed by atoms with E-state index in [2.05, 4.69) is 10.5 Å². The molecule has 0 aliphatic carbocycles. The van der Waals surface area contributed by atoms with Crippen LogP contribution in [-0.2, 0) is 0 Å². The maximum atomic E-state index is 13.0. The number of aromatic nitrogens is 1. The summed E-state index contributed by atoms with van der Waals surface area (Å²) in [6.07, 6.45) is -0.961. The van der Waals surface area contributed by atoms with Gasteiger partial charge in [-0.25, -0.2) is 0 Å². The first-order chi connectivity index (χ1) is 13.0. The van der Waals surface area contributed by atoms with Gasteiger partial charge < -0.3 is 19.7 Å². The van der Waals surface area contributed by atoms with Crippen LogP contribution in [0.3, 0.4) is 0 Å². The third-order valence-corrected chi connectivity index (χ3v) is 4.34. The number of carbonyl (C=O) groups excluding carboxylic acids is 1. The molecule has 6 nitrogen and oxygen atoms in total. The van der Waals surface area contributed by atoms with Crippen molar-refractivity contribution in [2.75, 3.05) is 7.11 Å². The summed E-state index contributed by atoms with van der Waals surface area (Å²) in [5.74, 6) is 0.481. The lowest BCUT2D eigenvalue weighted by atomic mass is 10.0. The van der Waals surface area contributed by atoms with Crippen LogP contribution in [0.15, 0.2) is 59.1 Å². The summed E-state index contributed by atoms with van der Waals surface area (Å²) in [6.45, 7) is 3.44. The monoisotopic (exact) mass is 366 g/mol. The fourth-order valence-corrected chi connectivity index (χ4v) is 2.85. The first kappa shape index (κ1) is 18.7. The average molecular weight is 366 g/mol. The average Bonchev–Trinajstić information content (AvgIpc) is 3.14. The number of rotatable bonds is 6. The van der Waals surface area contributed by atoms with E-state index < -0.39 is 6.10 Å². The number of nitrogens with one attached hydrogen (secondary N) is 1. The second kappa shape index (κ2) is 8.05. The van der Waals surface area contributed by atoms with E-state index in [9.17, 15) is 9.90 Å². The van der Waals surface area contributed by atoms with Crippen LogP contribution in [0.5, 0.6) is 5.75 Å². The Labute approximate surface area is 157 Å². The number of ether oxygens (including phenoxy) is 1. The Morgan fingerprint density at radius 3 is 2.37 bits per heavy atom. The van der Waals surface area contributed by atoms with E-state index in [1.54, 1.807) is 31.4 Å². The van der Waals surface area contributed by atoms with Crippen molar-refractivity contribution in [3.8, 4) is 17.0 Å². The van der Waals surface area contributed by atoms with E-state index in [4.69, 9.17) is 9.26 Å². The van der Waals surface area contributed by atoms with E-state index in [-0.39, 0.29) is 23.3 Å². The van der Waals surface area contributed by atoms with E-state index in [0.29, 0.717) is 17.0 Å². The molecule has 2 atom stereocenters. The molecule has 1 heterocycles. The van der Waals surface area contributed by atoms with Gasteiger partial charge in [0.2, 0.25) is 0 Å². The summed E-state index contributed by atoms with van der Waals surface area (Å²) in [6, 6.07) is 16.6. The smallest absolute Gasteiger partial charge is 0.257 e. The van der Waals surface area contributed by atoms with Gasteiger partial charge in [0.1, 0.15) is 23.1 Å². The lowest BCUT2D eigenvalue weighted by Crippen LogP contribution is -2.27. The van der Waals surface area contributed by atoms with Crippen LogP contribution in [-0.4, -0.2) is 23.3 Å². The summed E-state index contributed by atoms with van der Waals surface area (Å²) in [7, 11) is 1.58. The molecule has 27 heavy (non-hydrogen) atoms. The summed E-state index contributed by atoms with van der Waals surface area (Å²) < 4.78 is 10.4. The molecule has 0 aliphatic heterocycles. The topological polar surface area (TPSA) is 84.6 Å². The van der Waals surface area contributed by atoms with Crippen molar-refractivity contribution in [3.05, 3.63) is 71.5 Å². The molecule has 2 unspecified atom stereocenters. The van der Waals surface area contributed by atoms with Gasteiger partial charge in [-0.2, -0.15) is 0 Å². The van der Waals surface area contributed by atoms with Gasteiger partial charge in [-0.15, -0.1) is 0 Å². The molecule has 2 aromatic carbocycles. The maximum absolute atomic E-state index is 13.0. The number of nitrogens with zero attached hydrogens (tertiary/aromatic N) is 1. The number of hydrogen-bond donors (Lipinski definition) is 2. The van der Waals surface area contributed by atoms with Crippen LogP contribution in [0.4, 0.5) is 0 Å². The number of methoxy groups -OCH3 is 1. The fourth-order valence-electron chi connectivity index (χ4n) is 2.85. The molecular weight excluding hydrogens is 344 g/mol. The number of carbonyl (C=O) groups is 1. The Kier molecular flexibility index (Phi) is 5.57. The molecule has 0 saturated carbocycles. The number of aliphatic hydroxyl groups excluding tert-OH is 1. The molecule has 0 fully saturated rings. The van der Waals surface area contributed by atoms with Crippen molar-refractivity contribution in [2.45, 2.75) is 26.0 Å². The molecule has 3 rings (SSSR count). The highest BCUT2D eigenvalue weighted by Crippen LogP contribution is 2.30. The second-order valence-corrected chi connectivity index (χ2v) is 6.28. The highest BCUT2D eigenvalue weighted by Gasteiger charge is 2.27. The Balaban J connectivity index is 1.94. The maximum Gasteiger partial charge on any atom is 0.257 e. The SMILES string of the molecule is COc1ccc(-c2noc(C(C)O)c2C(=O)NC(C)c2ccccc2)cc1. The quantitative estimate of drug-likeness (QED) is 0.691. The van der Waals surface area contributed by atoms with E-state index in [1.165, 1.54) is 6.92 Å². The Bertz CT molecular complexity index is 902. The van der Waals surface area contributed by atoms with Gasteiger partial charge >= 0.3 is 0 Å². The van der Waals surface area contributed by atoms with Crippen molar-refractivity contribution in [1.29, 1.82) is 0 Å². The molecule has 0 bridgehead atoms. The Hall–Kier alpha value is -3.12. The minimum absolute atomic E-state index is 0.138. The van der Waals surface area contributed by atoms with Crippen LogP contribution >= 0.6 is 0 Å². The summed E-state index contributed by atoms with van der Waals surface area (Å²) >= 11 is 0. The van der Waals surface area contributed by atoms with Crippen molar-refractivity contribution in [1.82, 2.24) is 10.5 Å². The van der Waals surface area contributed by atoms with Crippen LogP contribution in [0.1, 0.15) is 47.7 Å². The van der Waals surface area contributed by atoms with Crippen LogP contribution in [0.2, 0.25) is 0 Å². The number of amides is 1. The van der Waals surface area contributed by atoms with E-state index >= 15 is 0 Å². The zero-order chi connectivity index (χ0) is 19.4. The first-order valence-corrected chi connectivity index (χ1v) is 8.69. The molecule has 3 aromatic rings. The number of aliphatic hydroxyl groups is 1. The Morgan fingerprint density at radius 1 is 1.11 bits per heavy atom. The molecular formula is C21H22N2O4. The standard InChI is InChI=1S/C21H22N2O4/c1-13(15-7-5-4-6-8-15)22-21(25)18-19(23-27-20(18)14(2)24)16-9-11-17(26-3)12-10-16/h4-14,24H,1-3H3,(H,22,25). The van der Waals surface area contributed by atoms with Crippen LogP contribution < -0.4 is 10.1 Å². The van der Waals surface area contributed by atoms with Crippen molar-refractivity contribution >= 4 is 5.91 Å². The summed E-state index contributed by atoms with van der Waals surface area (Å²) in [5, 5.41) is 17.0. The molecule has 1 aromatic heterocycles. The van der Waals surface area contributed by atoms with E-state index in [1.807, 2.05) is 37.3 Å². The summed E-state index contributed by atoms with van der Waals surface area (Å²) in [4.78, 5) is 13.0. The lowest BCUT2D eigenvalue weighted by Gasteiger charge is -2.15.